The monoisotopic (exact) mass is 601 g/mol. The molecule has 0 saturated carbocycles. The first-order chi connectivity index (χ1) is 19.3. The molecule has 0 aromatic heterocycles. The van der Waals surface area contributed by atoms with Crippen LogP contribution in [0, 0.1) is 10.1 Å². The van der Waals surface area contributed by atoms with Crippen LogP contribution in [0.2, 0.25) is 5.02 Å². The third kappa shape index (κ3) is 7.29. The predicted molar refractivity (Wildman–Crippen MR) is 150 cm³/mol. The molecule has 0 heterocycles. The number of sulfonamides is 1. The van der Waals surface area contributed by atoms with Gasteiger partial charge in [-0.25, -0.2) is 8.42 Å². The van der Waals surface area contributed by atoms with E-state index in [4.69, 9.17) is 11.6 Å². The summed E-state index contributed by atoms with van der Waals surface area (Å²) in [7, 11) is -4.28. The van der Waals surface area contributed by atoms with E-state index in [0.29, 0.717) is 17.2 Å². The number of nitro groups is 1. The van der Waals surface area contributed by atoms with E-state index in [0.717, 1.165) is 12.1 Å². The van der Waals surface area contributed by atoms with E-state index in [-0.39, 0.29) is 27.5 Å². The smallest absolute Gasteiger partial charge is 0.322 e. The normalized spacial score (nSPS) is 12.0. The summed E-state index contributed by atoms with van der Waals surface area (Å²) in [4.78, 5) is 23.4. The van der Waals surface area contributed by atoms with Gasteiger partial charge in [0.15, 0.2) is 0 Å². The first-order valence-corrected chi connectivity index (χ1v) is 13.5. The van der Waals surface area contributed by atoms with Gasteiger partial charge in [-0.2, -0.15) is 13.2 Å². The molecule has 1 amide bonds. The molecule has 0 atom stereocenters. The van der Waals surface area contributed by atoms with Crippen LogP contribution < -0.4 is 10.0 Å². The largest absolute Gasteiger partial charge is 0.417 e. The number of nitrogens with one attached hydrogen (secondary N) is 2. The maximum atomic E-state index is 13.2. The Balaban J connectivity index is 1.55. The van der Waals surface area contributed by atoms with Crippen molar-refractivity contribution in [1.82, 2.24) is 0 Å². The summed E-state index contributed by atoms with van der Waals surface area (Å²) in [6, 6.07) is 21.9. The van der Waals surface area contributed by atoms with Crippen molar-refractivity contribution in [2.75, 3.05) is 10.0 Å². The van der Waals surface area contributed by atoms with Crippen molar-refractivity contribution in [1.29, 1.82) is 0 Å². The number of halogens is 4. The maximum Gasteiger partial charge on any atom is 0.417 e. The van der Waals surface area contributed by atoms with Crippen LogP contribution in [-0.2, 0) is 21.0 Å². The summed E-state index contributed by atoms with van der Waals surface area (Å²) in [5, 5.41) is 13.1. The van der Waals surface area contributed by atoms with Gasteiger partial charge in [0.05, 0.1) is 20.4 Å². The number of non-ortho nitro benzene ring substituents is 1. The van der Waals surface area contributed by atoms with Gasteiger partial charge in [-0.3, -0.25) is 19.6 Å². The molecule has 0 aliphatic rings. The second-order valence-electron chi connectivity index (χ2n) is 8.55. The molecule has 0 radical (unpaired) electrons. The lowest BCUT2D eigenvalue weighted by Crippen LogP contribution is -2.15. The van der Waals surface area contributed by atoms with Crippen LogP contribution in [0.4, 0.5) is 30.2 Å². The number of anilines is 2. The van der Waals surface area contributed by atoms with Gasteiger partial charge in [-0.15, -0.1) is 0 Å². The highest BCUT2D eigenvalue weighted by Crippen LogP contribution is 2.36. The summed E-state index contributed by atoms with van der Waals surface area (Å²) in [5.41, 5.74) is -0.0436. The second-order valence-corrected chi connectivity index (χ2v) is 10.6. The van der Waals surface area contributed by atoms with Gasteiger partial charge >= 0.3 is 6.18 Å². The van der Waals surface area contributed by atoms with Gasteiger partial charge in [0.25, 0.3) is 21.6 Å². The molecule has 4 aromatic rings. The Bertz CT molecular complexity index is 1730. The number of nitrogens with zero attached hydrogens (tertiary/aromatic N) is 1. The molecule has 0 bridgehead atoms. The van der Waals surface area contributed by atoms with Crippen LogP contribution in [0.5, 0.6) is 0 Å². The minimum atomic E-state index is -4.77. The minimum Gasteiger partial charge on any atom is -0.322 e. The molecule has 13 heteroatoms. The highest BCUT2D eigenvalue weighted by atomic mass is 35.5. The standard InChI is InChI=1S/C28H19ClF3N3O5S/c29-26-15-10-21(17-25(26)28(30,31)32)34-41(39,40)23-13-8-20(9-14-23)33-27(36)24(19-4-2-1-3-5-19)16-18-6-11-22(12-7-18)35(37)38/h1-17,34H,(H,33,36)/b24-16+. The van der Waals surface area contributed by atoms with Crippen LogP contribution >= 0.6 is 11.6 Å². The Morgan fingerprint density at radius 2 is 1.49 bits per heavy atom. The summed E-state index contributed by atoms with van der Waals surface area (Å²) >= 11 is 5.59. The first kappa shape index (κ1) is 29.3. The van der Waals surface area contributed by atoms with E-state index in [1.54, 1.807) is 36.4 Å². The zero-order chi connectivity index (χ0) is 29.8. The van der Waals surface area contributed by atoms with Crippen molar-refractivity contribution >= 4 is 56.2 Å². The van der Waals surface area contributed by atoms with Crippen molar-refractivity contribution in [2.24, 2.45) is 0 Å². The number of amides is 1. The summed E-state index contributed by atoms with van der Waals surface area (Å²) in [5.74, 6) is -0.538. The highest BCUT2D eigenvalue weighted by Gasteiger charge is 2.33. The van der Waals surface area contributed by atoms with Gasteiger partial charge in [-0.05, 0) is 71.8 Å². The lowest BCUT2D eigenvalue weighted by atomic mass is 10.0. The quantitative estimate of drug-likeness (QED) is 0.0954. The molecule has 0 aliphatic carbocycles. The van der Waals surface area contributed by atoms with E-state index in [2.05, 4.69) is 10.0 Å². The van der Waals surface area contributed by atoms with E-state index in [1.165, 1.54) is 48.5 Å². The Kier molecular flexibility index (Phi) is 8.45. The number of carbonyl (C=O) groups is 1. The third-order valence-electron chi connectivity index (χ3n) is 5.69. The fourth-order valence-corrected chi connectivity index (χ4v) is 4.97. The number of nitro benzene ring substituents is 1. The molecule has 0 spiro atoms. The van der Waals surface area contributed by atoms with Crippen LogP contribution in [0.3, 0.4) is 0 Å². The zero-order valence-corrected chi connectivity index (χ0v) is 22.3. The molecule has 8 nitrogen and oxygen atoms in total. The molecule has 0 unspecified atom stereocenters. The number of hydrogen-bond donors (Lipinski definition) is 2. The molecule has 4 aromatic carbocycles. The summed E-state index contributed by atoms with van der Waals surface area (Å²) < 4.78 is 67.1. The molecule has 0 aliphatic heterocycles. The van der Waals surface area contributed by atoms with E-state index >= 15 is 0 Å². The number of benzene rings is 4. The molecular weight excluding hydrogens is 583 g/mol. The lowest BCUT2D eigenvalue weighted by Gasteiger charge is -2.13. The first-order valence-electron chi connectivity index (χ1n) is 11.7. The third-order valence-corrected chi connectivity index (χ3v) is 7.42. The fraction of sp³-hybridized carbons (Fsp3) is 0.0357. The molecule has 210 valence electrons. The van der Waals surface area contributed by atoms with E-state index in [1.807, 2.05) is 0 Å². The zero-order valence-electron chi connectivity index (χ0n) is 20.7. The van der Waals surface area contributed by atoms with E-state index in [9.17, 15) is 36.5 Å². The maximum absolute atomic E-state index is 13.2. The number of rotatable bonds is 8. The van der Waals surface area contributed by atoms with Gasteiger partial charge < -0.3 is 5.32 Å². The van der Waals surface area contributed by atoms with Crippen LogP contribution in [0.1, 0.15) is 16.7 Å². The summed E-state index contributed by atoms with van der Waals surface area (Å²) in [6.07, 6.45) is -3.22. The number of carbonyl (C=O) groups excluding carboxylic acids is 1. The average Bonchev–Trinajstić information content (AvgIpc) is 2.93. The average molecular weight is 602 g/mol. The molecule has 4 rings (SSSR count). The molecular formula is C28H19ClF3N3O5S. The van der Waals surface area contributed by atoms with Crippen LogP contribution in [0.25, 0.3) is 11.6 Å². The Labute approximate surface area is 237 Å². The van der Waals surface area contributed by atoms with Crippen molar-refractivity contribution < 1.29 is 31.3 Å². The van der Waals surface area contributed by atoms with Crippen molar-refractivity contribution in [3.8, 4) is 0 Å². The van der Waals surface area contributed by atoms with Crippen molar-refractivity contribution in [3.05, 3.63) is 129 Å². The Morgan fingerprint density at radius 1 is 0.878 bits per heavy atom. The van der Waals surface area contributed by atoms with Gasteiger partial charge in [0.2, 0.25) is 0 Å². The van der Waals surface area contributed by atoms with Gasteiger partial charge in [0, 0.05) is 29.1 Å². The second kappa shape index (κ2) is 11.8. The van der Waals surface area contributed by atoms with Crippen LogP contribution in [0.15, 0.2) is 102 Å². The van der Waals surface area contributed by atoms with E-state index < -0.39 is 37.6 Å². The molecule has 41 heavy (non-hydrogen) atoms. The fourth-order valence-electron chi connectivity index (χ4n) is 3.69. The topological polar surface area (TPSA) is 118 Å². The SMILES string of the molecule is O=C(Nc1ccc(S(=O)(=O)Nc2ccc(Cl)c(C(F)(F)F)c2)cc1)/C(=C/c1ccc([N+](=O)[O-])cc1)c1ccccc1. The predicted octanol–water partition coefficient (Wildman–Crippen LogP) is 7.25. The summed E-state index contributed by atoms with van der Waals surface area (Å²) in [6.45, 7) is 0. The Hall–Kier alpha value is -4.68. The molecule has 0 saturated heterocycles. The molecule has 2 N–H and O–H groups in total. The number of alkyl halides is 3. The Morgan fingerprint density at radius 3 is 2.07 bits per heavy atom. The van der Waals surface area contributed by atoms with Crippen LogP contribution in [-0.4, -0.2) is 19.2 Å². The lowest BCUT2D eigenvalue weighted by molar-refractivity contribution is -0.384. The van der Waals surface area contributed by atoms with Crippen molar-refractivity contribution in [3.63, 3.8) is 0 Å². The minimum absolute atomic E-state index is 0.103. The van der Waals surface area contributed by atoms with Gasteiger partial charge in [-0.1, -0.05) is 41.9 Å². The highest BCUT2D eigenvalue weighted by molar-refractivity contribution is 7.92. The van der Waals surface area contributed by atoms with Gasteiger partial charge in [0.1, 0.15) is 0 Å². The van der Waals surface area contributed by atoms with Crippen molar-refractivity contribution in [2.45, 2.75) is 11.1 Å². The molecule has 0 fully saturated rings. The number of hydrogen-bond acceptors (Lipinski definition) is 5.